The van der Waals surface area contributed by atoms with E-state index in [0.29, 0.717) is 13.0 Å². The Labute approximate surface area is 124 Å². The van der Waals surface area contributed by atoms with Crippen molar-refractivity contribution in [3.63, 3.8) is 0 Å². The molecule has 0 saturated carbocycles. The van der Waals surface area contributed by atoms with Gasteiger partial charge in [-0.05, 0) is 55.3 Å². The topological polar surface area (TPSA) is 26.3 Å². The van der Waals surface area contributed by atoms with Gasteiger partial charge in [0.1, 0.15) is 5.75 Å². The number of ketones is 1. The van der Waals surface area contributed by atoms with Gasteiger partial charge in [-0.1, -0.05) is 18.2 Å². The minimum absolute atomic E-state index is 0.210. The molecule has 0 aliphatic heterocycles. The number of Topliss-reactive ketones (excluding diaryl/α,β-unsaturated/α-hetero) is 1. The largest absolute Gasteiger partial charge is 0.493 e. The summed E-state index contributed by atoms with van der Waals surface area (Å²) in [6.07, 6.45) is 1.30. The summed E-state index contributed by atoms with van der Waals surface area (Å²) in [6, 6.07) is 7.98. The lowest BCUT2D eigenvalue weighted by molar-refractivity contribution is 0.0977. The third-order valence-electron chi connectivity index (χ3n) is 3.46. The molecular weight excluding hydrogens is 268 g/mol. The van der Waals surface area contributed by atoms with E-state index in [4.69, 9.17) is 4.74 Å². The van der Waals surface area contributed by atoms with Crippen LogP contribution in [0.1, 0.15) is 39.2 Å². The maximum Gasteiger partial charge on any atom is 0.172 e. The molecule has 0 fully saturated rings. The van der Waals surface area contributed by atoms with E-state index >= 15 is 0 Å². The summed E-state index contributed by atoms with van der Waals surface area (Å²) in [5.74, 6) is 1.18. The summed E-state index contributed by atoms with van der Waals surface area (Å²) in [6.45, 7) is 6.80. The molecule has 0 atom stereocenters. The van der Waals surface area contributed by atoms with Gasteiger partial charge in [0, 0.05) is 6.42 Å². The Morgan fingerprint density at radius 1 is 1.15 bits per heavy atom. The first kappa shape index (κ1) is 14.8. The monoisotopic (exact) mass is 288 g/mol. The fourth-order valence-corrected chi connectivity index (χ4v) is 2.81. The summed E-state index contributed by atoms with van der Waals surface area (Å²) in [5.41, 5.74) is 3.58. The van der Waals surface area contributed by atoms with Gasteiger partial charge in [-0.25, -0.2) is 0 Å². The molecule has 0 amide bonds. The lowest BCUT2D eigenvalue weighted by atomic mass is 10.1. The Kier molecular flexibility index (Phi) is 4.96. The predicted octanol–water partition coefficient (Wildman–Crippen LogP) is 4.72. The molecule has 0 unspecified atom stereocenters. The summed E-state index contributed by atoms with van der Waals surface area (Å²) in [4.78, 5) is 12.7. The summed E-state index contributed by atoms with van der Waals surface area (Å²) >= 11 is 1.50. The second-order valence-corrected chi connectivity index (χ2v) is 5.95. The van der Waals surface area contributed by atoms with Crippen molar-refractivity contribution >= 4 is 17.1 Å². The van der Waals surface area contributed by atoms with Gasteiger partial charge in [-0.15, -0.1) is 11.3 Å². The standard InChI is InChI=1S/C17H20O2S/c1-12-8-9-13(2)17(14(12)3)19-10-4-6-15(18)16-7-5-11-20-16/h5,7-9,11H,4,6,10H2,1-3H3. The number of carbonyl (C=O) groups excluding carboxylic acids is 1. The highest BCUT2D eigenvalue weighted by Crippen LogP contribution is 2.26. The second kappa shape index (κ2) is 6.71. The Balaban J connectivity index is 1.85. The highest BCUT2D eigenvalue weighted by Gasteiger charge is 2.08. The number of carbonyl (C=O) groups is 1. The average Bonchev–Trinajstić information content (AvgIpc) is 2.96. The van der Waals surface area contributed by atoms with E-state index in [1.54, 1.807) is 0 Å². The van der Waals surface area contributed by atoms with Crippen molar-refractivity contribution in [1.29, 1.82) is 0 Å². The van der Waals surface area contributed by atoms with Crippen LogP contribution in [-0.2, 0) is 0 Å². The molecule has 0 N–H and O–H groups in total. The van der Waals surface area contributed by atoms with Crippen molar-refractivity contribution in [2.45, 2.75) is 33.6 Å². The number of hydrogen-bond donors (Lipinski definition) is 0. The molecule has 0 spiro atoms. The Hall–Kier alpha value is -1.61. The van der Waals surface area contributed by atoms with Crippen LogP contribution < -0.4 is 4.74 Å². The van der Waals surface area contributed by atoms with Crippen molar-refractivity contribution in [1.82, 2.24) is 0 Å². The molecule has 2 nitrogen and oxygen atoms in total. The quantitative estimate of drug-likeness (QED) is 0.568. The van der Waals surface area contributed by atoms with Crippen LogP contribution in [0.3, 0.4) is 0 Å². The fraction of sp³-hybridized carbons (Fsp3) is 0.353. The molecule has 1 heterocycles. The maximum absolute atomic E-state index is 11.9. The number of rotatable bonds is 6. The van der Waals surface area contributed by atoms with E-state index in [1.165, 1.54) is 22.5 Å². The minimum Gasteiger partial charge on any atom is -0.493 e. The highest BCUT2D eigenvalue weighted by molar-refractivity contribution is 7.12. The van der Waals surface area contributed by atoms with Gasteiger partial charge in [-0.3, -0.25) is 4.79 Å². The van der Waals surface area contributed by atoms with E-state index in [9.17, 15) is 4.79 Å². The number of hydrogen-bond acceptors (Lipinski definition) is 3. The van der Waals surface area contributed by atoms with Crippen LogP contribution >= 0.6 is 11.3 Å². The Morgan fingerprint density at radius 3 is 2.60 bits per heavy atom. The molecule has 20 heavy (non-hydrogen) atoms. The van der Waals surface area contributed by atoms with Crippen LogP contribution in [0.4, 0.5) is 0 Å². The van der Waals surface area contributed by atoms with Crippen LogP contribution in [0.15, 0.2) is 29.6 Å². The second-order valence-electron chi connectivity index (χ2n) is 5.01. The molecule has 0 bridgehead atoms. The van der Waals surface area contributed by atoms with Crippen LogP contribution in [0.5, 0.6) is 5.75 Å². The van der Waals surface area contributed by atoms with Crippen LogP contribution in [-0.4, -0.2) is 12.4 Å². The molecule has 0 saturated heterocycles. The predicted molar refractivity (Wildman–Crippen MR) is 84.0 cm³/mol. The molecule has 0 aliphatic rings. The Morgan fingerprint density at radius 2 is 1.90 bits per heavy atom. The molecule has 3 heteroatoms. The van der Waals surface area contributed by atoms with E-state index < -0.39 is 0 Å². The molecular formula is C17H20O2S. The van der Waals surface area contributed by atoms with Crippen LogP contribution in [0.2, 0.25) is 0 Å². The fourth-order valence-electron chi connectivity index (χ4n) is 2.11. The molecule has 1 aromatic carbocycles. The molecule has 0 radical (unpaired) electrons. The van der Waals surface area contributed by atoms with E-state index in [-0.39, 0.29) is 5.78 Å². The third kappa shape index (κ3) is 3.48. The number of aryl methyl sites for hydroxylation is 2. The lowest BCUT2D eigenvalue weighted by Gasteiger charge is -2.13. The average molecular weight is 288 g/mol. The minimum atomic E-state index is 0.210. The number of ether oxygens (including phenoxy) is 1. The van der Waals surface area contributed by atoms with Crippen molar-refractivity contribution in [3.8, 4) is 5.75 Å². The third-order valence-corrected chi connectivity index (χ3v) is 4.38. The first-order valence-corrected chi connectivity index (χ1v) is 7.74. The van der Waals surface area contributed by atoms with Crippen molar-refractivity contribution in [2.24, 2.45) is 0 Å². The van der Waals surface area contributed by atoms with Gasteiger partial charge in [0.05, 0.1) is 11.5 Å². The smallest absolute Gasteiger partial charge is 0.172 e. The lowest BCUT2D eigenvalue weighted by Crippen LogP contribution is -2.04. The number of thiophene rings is 1. The summed E-state index contributed by atoms with van der Waals surface area (Å²) in [7, 11) is 0. The van der Waals surface area contributed by atoms with E-state index in [2.05, 4.69) is 32.9 Å². The molecule has 0 aliphatic carbocycles. The van der Waals surface area contributed by atoms with E-state index in [1.807, 2.05) is 17.5 Å². The first-order chi connectivity index (χ1) is 9.59. The van der Waals surface area contributed by atoms with Gasteiger partial charge in [0.15, 0.2) is 5.78 Å². The molecule has 2 rings (SSSR count). The normalized spacial score (nSPS) is 10.6. The van der Waals surface area contributed by atoms with Crippen LogP contribution in [0, 0.1) is 20.8 Å². The number of benzene rings is 1. The van der Waals surface area contributed by atoms with Gasteiger partial charge in [0.2, 0.25) is 0 Å². The molecule has 106 valence electrons. The molecule has 1 aromatic heterocycles. The van der Waals surface area contributed by atoms with E-state index in [0.717, 1.165) is 22.6 Å². The maximum atomic E-state index is 11.9. The SMILES string of the molecule is Cc1ccc(C)c(OCCCC(=O)c2cccs2)c1C. The first-order valence-electron chi connectivity index (χ1n) is 6.86. The van der Waals surface area contributed by atoms with Crippen molar-refractivity contribution in [3.05, 3.63) is 51.2 Å². The zero-order valence-corrected chi connectivity index (χ0v) is 13.0. The highest BCUT2D eigenvalue weighted by atomic mass is 32.1. The summed E-state index contributed by atoms with van der Waals surface area (Å²) in [5, 5.41) is 1.93. The van der Waals surface area contributed by atoms with Crippen molar-refractivity contribution in [2.75, 3.05) is 6.61 Å². The zero-order chi connectivity index (χ0) is 14.5. The van der Waals surface area contributed by atoms with Crippen LogP contribution in [0.25, 0.3) is 0 Å². The Bertz CT molecular complexity index is 585. The summed E-state index contributed by atoms with van der Waals surface area (Å²) < 4.78 is 5.87. The zero-order valence-electron chi connectivity index (χ0n) is 12.2. The molecule has 2 aromatic rings. The van der Waals surface area contributed by atoms with Gasteiger partial charge in [-0.2, -0.15) is 0 Å². The van der Waals surface area contributed by atoms with Gasteiger partial charge in [0.25, 0.3) is 0 Å². The van der Waals surface area contributed by atoms with Gasteiger partial charge >= 0.3 is 0 Å². The van der Waals surface area contributed by atoms with Gasteiger partial charge < -0.3 is 4.74 Å². The van der Waals surface area contributed by atoms with Crippen molar-refractivity contribution < 1.29 is 9.53 Å².